The van der Waals surface area contributed by atoms with Crippen molar-refractivity contribution in [3.05, 3.63) is 54.1 Å². The van der Waals surface area contributed by atoms with Gasteiger partial charge in [0.25, 0.3) is 0 Å². The van der Waals surface area contributed by atoms with Crippen LogP contribution >= 0.6 is 11.8 Å². The van der Waals surface area contributed by atoms with Gasteiger partial charge in [0.05, 0.1) is 0 Å². The molecular formula is C19H23NO5S. The first-order chi connectivity index (χ1) is 12.6. The van der Waals surface area contributed by atoms with Crippen molar-refractivity contribution in [3.63, 3.8) is 0 Å². The molecule has 0 bridgehead atoms. The van der Waals surface area contributed by atoms with Crippen molar-refractivity contribution >= 4 is 23.5 Å². The van der Waals surface area contributed by atoms with Gasteiger partial charge >= 0.3 is 6.09 Å². The molecule has 2 atom stereocenters. The van der Waals surface area contributed by atoms with E-state index in [1.54, 1.807) is 36.0 Å². The molecule has 0 heterocycles. The number of carbonyl (C=O) groups excluding carboxylic acids is 1. The zero-order chi connectivity index (χ0) is 18.9. The maximum atomic E-state index is 12.3. The largest absolute Gasteiger partial charge is 0.508 e. The third kappa shape index (κ3) is 5.66. The van der Waals surface area contributed by atoms with Gasteiger partial charge in [-0.2, -0.15) is 0 Å². The number of thioether (sulfide) groups is 1. The van der Waals surface area contributed by atoms with Gasteiger partial charge in [0.15, 0.2) is 6.10 Å². The number of methoxy groups -OCH3 is 1. The number of aliphatic hydroxyl groups excluding tert-OH is 1. The van der Waals surface area contributed by atoms with E-state index in [1.807, 2.05) is 18.4 Å². The first kappa shape index (κ1) is 20.1. The van der Waals surface area contributed by atoms with Crippen LogP contribution in [0.2, 0.25) is 0 Å². The molecule has 2 aromatic rings. The fourth-order valence-electron chi connectivity index (χ4n) is 2.48. The summed E-state index contributed by atoms with van der Waals surface area (Å²) in [5.74, 6) is 0.113. The van der Waals surface area contributed by atoms with Gasteiger partial charge in [-0.1, -0.05) is 12.1 Å². The van der Waals surface area contributed by atoms with E-state index in [0.29, 0.717) is 17.7 Å². The molecule has 6 nitrogen and oxygen atoms in total. The summed E-state index contributed by atoms with van der Waals surface area (Å²) in [5, 5.41) is 21.4. The molecule has 7 heteroatoms. The molecule has 0 fully saturated rings. The number of nitrogens with one attached hydrogen (secondary N) is 1. The summed E-state index contributed by atoms with van der Waals surface area (Å²) in [6.07, 6.45) is 0.412. The molecule has 0 aliphatic heterocycles. The van der Waals surface area contributed by atoms with Crippen molar-refractivity contribution < 1.29 is 24.5 Å². The van der Waals surface area contributed by atoms with Crippen LogP contribution < -0.4 is 5.32 Å². The number of amides is 1. The average molecular weight is 377 g/mol. The zero-order valence-corrected chi connectivity index (χ0v) is 15.5. The molecule has 0 saturated heterocycles. The highest BCUT2D eigenvalue weighted by atomic mass is 32.2. The van der Waals surface area contributed by atoms with Gasteiger partial charge in [0, 0.05) is 30.7 Å². The molecule has 0 aliphatic carbocycles. The van der Waals surface area contributed by atoms with Crippen LogP contribution in [0.3, 0.4) is 0 Å². The van der Waals surface area contributed by atoms with Crippen molar-refractivity contribution in [2.75, 3.05) is 25.3 Å². The molecule has 26 heavy (non-hydrogen) atoms. The number of benzene rings is 2. The first-order valence-electron chi connectivity index (χ1n) is 8.11. The van der Waals surface area contributed by atoms with Crippen LogP contribution in [0, 0.1) is 0 Å². The monoisotopic (exact) mass is 377 g/mol. The average Bonchev–Trinajstić information content (AvgIpc) is 2.66. The van der Waals surface area contributed by atoms with Crippen molar-refractivity contribution in [3.8, 4) is 5.75 Å². The number of ether oxygens (including phenoxy) is 2. The van der Waals surface area contributed by atoms with Gasteiger partial charge in [0.1, 0.15) is 11.9 Å². The zero-order valence-electron chi connectivity index (χ0n) is 14.7. The summed E-state index contributed by atoms with van der Waals surface area (Å²) < 4.78 is 11.0. The molecule has 0 aromatic heterocycles. The Bertz CT molecular complexity index is 690. The summed E-state index contributed by atoms with van der Waals surface area (Å²) in [4.78, 5) is 13.4. The minimum atomic E-state index is -0.724. The summed E-state index contributed by atoms with van der Waals surface area (Å²) >= 11 is 1.61. The van der Waals surface area contributed by atoms with Crippen LogP contribution in [0.1, 0.15) is 18.1 Å². The maximum absolute atomic E-state index is 12.3. The lowest BCUT2D eigenvalue weighted by Gasteiger charge is -2.26. The Balaban J connectivity index is 2.13. The second kappa shape index (κ2) is 10.1. The number of anilines is 1. The topological polar surface area (TPSA) is 88.0 Å². The lowest BCUT2D eigenvalue weighted by Crippen LogP contribution is -2.28. The maximum Gasteiger partial charge on any atom is 0.412 e. The Kier molecular flexibility index (Phi) is 7.77. The van der Waals surface area contributed by atoms with Crippen LogP contribution in [0.25, 0.3) is 0 Å². The van der Waals surface area contributed by atoms with Crippen LogP contribution in [-0.2, 0) is 9.47 Å². The fraction of sp³-hybridized carbons (Fsp3) is 0.316. The Morgan fingerprint density at radius 1 is 1.15 bits per heavy atom. The molecule has 0 spiro atoms. The van der Waals surface area contributed by atoms with Crippen LogP contribution in [0.4, 0.5) is 10.5 Å². The van der Waals surface area contributed by atoms with Gasteiger partial charge < -0.3 is 19.7 Å². The lowest BCUT2D eigenvalue weighted by atomic mass is 10.0. The lowest BCUT2D eigenvalue weighted by molar-refractivity contribution is -0.0306. The van der Waals surface area contributed by atoms with Gasteiger partial charge in [0.2, 0.25) is 0 Å². The molecule has 0 aliphatic rings. The Morgan fingerprint density at radius 3 is 2.35 bits per heavy atom. The second-order valence-electron chi connectivity index (χ2n) is 5.56. The molecule has 0 radical (unpaired) electrons. The Morgan fingerprint density at radius 2 is 1.81 bits per heavy atom. The number of phenolic OH excluding ortho intramolecular Hbond substituents is 1. The minimum Gasteiger partial charge on any atom is -0.508 e. The van der Waals surface area contributed by atoms with E-state index in [-0.39, 0.29) is 12.4 Å². The second-order valence-corrected chi connectivity index (χ2v) is 6.44. The highest BCUT2D eigenvalue weighted by molar-refractivity contribution is 7.98. The summed E-state index contributed by atoms with van der Waals surface area (Å²) in [6.45, 7) is -0.103. The summed E-state index contributed by atoms with van der Waals surface area (Å²) in [7, 11) is 1.50. The molecule has 2 rings (SSSR count). The molecule has 140 valence electrons. The van der Waals surface area contributed by atoms with Gasteiger partial charge in [-0.3, -0.25) is 5.32 Å². The smallest absolute Gasteiger partial charge is 0.412 e. The highest BCUT2D eigenvalue weighted by Crippen LogP contribution is 2.27. The van der Waals surface area contributed by atoms with E-state index in [2.05, 4.69) is 5.32 Å². The fourth-order valence-corrected chi connectivity index (χ4v) is 2.89. The van der Waals surface area contributed by atoms with E-state index in [0.717, 1.165) is 4.90 Å². The summed E-state index contributed by atoms with van der Waals surface area (Å²) in [5.41, 5.74) is 1.28. The van der Waals surface area contributed by atoms with E-state index in [4.69, 9.17) is 9.47 Å². The molecule has 0 saturated carbocycles. The molecule has 2 aromatic carbocycles. The van der Waals surface area contributed by atoms with E-state index < -0.39 is 18.3 Å². The van der Waals surface area contributed by atoms with Crippen molar-refractivity contribution in [1.82, 2.24) is 0 Å². The Labute approximate surface area is 157 Å². The molecular weight excluding hydrogens is 354 g/mol. The Hall–Kier alpha value is -2.22. The van der Waals surface area contributed by atoms with E-state index in [9.17, 15) is 15.0 Å². The predicted molar refractivity (Wildman–Crippen MR) is 102 cm³/mol. The van der Waals surface area contributed by atoms with Crippen LogP contribution in [-0.4, -0.2) is 42.4 Å². The van der Waals surface area contributed by atoms with Crippen LogP contribution in [0.15, 0.2) is 53.4 Å². The third-order valence-electron chi connectivity index (χ3n) is 3.85. The SMILES string of the molecule is CO[C@H](CCO)[C@H](OC(=O)Nc1ccc(SC)cc1)c1ccc(O)cc1. The first-order valence-corrected chi connectivity index (χ1v) is 9.34. The number of aromatic hydroxyl groups is 1. The molecule has 0 unspecified atom stereocenters. The predicted octanol–water partition coefficient (Wildman–Crippen LogP) is 3.80. The highest BCUT2D eigenvalue weighted by Gasteiger charge is 2.27. The quantitative estimate of drug-likeness (QED) is 0.607. The van der Waals surface area contributed by atoms with Gasteiger partial charge in [-0.25, -0.2) is 4.79 Å². The number of carbonyl (C=O) groups is 1. The third-order valence-corrected chi connectivity index (χ3v) is 4.59. The van der Waals surface area contributed by atoms with Crippen LogP contribution in [0.5, 0.6) is 5.75 Å². The minimum absolute atomic E-state index is 0.103. The molecule has 3 N–H and O–H groups in total. The standard InChI is InChI=1S/C19H23NO5S/c1-24-17(11-12-21)18(13-3-7-15(22)8-4-13)25-19(23)20-14-5-9-16(26-2)10-6-14/h3-10,17-18,21-22H,11-12H2,1-2H3,(H,20,23)/t17-,18-/m1/s1. The molecule has 1 amide bonds. The number of hydrogen-bond donors (Lipinski definition) is 3. The number of hydrogen-bond acceptors (Lipinski definition) is 6. The van der Waals surface area contributed by atoms with Crippen molar-refractivity contribution in [2.24, 2.45) is 0 Å². The summed E-state index contributed by atoms with van der Waals surface area (Å²) in [6, 6.07) is 13.7. The number of phenols is 1. The van der Waals surface area contributed by atoms with E-state index >= 15 is 0 Å². The van der Waals surface area contributed by atoms with Gasteiger partial charge in [-0.05, 0) is 48.2 Å². The van der Waals surface area contributed by atoms with Crippen molar-refractivity contribution in [1.29, 1.82) is 0 Å². The number of rotatable bonds is 8. The van der Waals surface area contributed by atoms with E-state index in [1.165, 1.54) is 19.2 Å². The normalized spacial score (nSPS) is 13.0. The van der Waals surface area contributed by atoms with Crippen molar-refractivity contribution in [2.45, 2.75) is 23.5 Å². The van der Waals surface area contributed by atoms with Gasteiger partial charge in [-0.15, -0.1) is 11.8 Å². The number of aliphatic hydroxyl groups is 1.